The van der Waals surface area contributed by atoms with Crippen molar-refractivity contribution in [2.45, 2.75) is 26.5 Å². The molecular weight excluding hydrogens is 550 g/mol. The van der Waals surface area contributed by atoms with Crippen molar-refractivity contribution in [3.63, 3.8) is 0 Å². The molecule has 1 amide bonds. The second kappa shape index (κ2) is 11.4. The van der Waals surface area contributed by atoms with Crippen LogP contribution >= 0.6 is 11.6 Å². The van der Waals surface area contributed by atoms with Crippen LogP contribution < -0.4 is 10.1 Å². The van der Waals surface area contributed by atoms with Crippen molar-refractivity contribution in [3.05, 3.63) is 118 Å². The third-order valence-corrected chi connectivity index (χ3v) is 6.65. The maximum absolute atomic E-state index is 14.0. The monoisotopic (exact) mass is 574 g/mol. The lowest BCUT2D eigenvalue weighted by molar-refractivity contribution is 0.0687. The van der Waals surface area contributed by atoms with Gasteiger partial charge in [0.1, 0.15) is 17.4 Å². The van der Waals surface area contributed by atoms with Crippen molar-refractivity contribution < 1.29 is 28.2 Å². The van der Waals surface area contributed by atoms with E-state index in [1.807, 2.05) is 13.8 Å². The Morgan fingerprint density at radius 1 is 0.927 bits per heavy atom. The third-order valence-electron chi connectivity index (χ3n) is 6.42. The van der Waals surface area contributed by atoms with Crippen LogP contribution in [-0.2, 0) is 6.54 Å². The number of aromatic carboxylic acids is 1. The number of fused-ring (bicyclic) bond motifs is 1. The normalized spacial score (nSPS) is 11.2. The van der Waals surface area contributed by atoms with Crippen LogP contribution in [0.5, 0.6) is 5.75 Å². The van der Waals surface area contributed by atoms with E-state index in [2.05, 4.69) is 5.32 Å². The Morgan fingerprint density at radius 2 is 1.63 bits per heavy atom. The maximum Gasteiger partial charge on any atom is 0.354 e. The number of carbonyl (C=O) groups is 2. The zero-order chi connectivity index (χ0) is 29.3. The van der Waals surface area contributed by atoms with Gasteiger partial charge < -0.3 is 19.7 Å². The predicted molar refractivity (Wildman–Crippen MR) is 155 cm³/mol. The molecule has 0 saturated heterocycles. The van der Waals surface area contributed by atoms with E-state index in [0.29, 0.717) is 32.8 Å². The number of benzene rings is 4. The van der Waals surface area contributed by atoms with Crippen molar-refractivity contribution in [1.29, 1.82) is 0 Å². The topological polar surface area (TPSA) is 80.6 Å². The molecule has 0 radical (unpaired) electrons. The molecule has 9 heteroatoms. The first-order valence-corrected chi connectivity index (χ1v) is 13.2. The number of rotatable bonds is 8. The van der Waals surface area contributed by atoms with Crippen LogP contribution in [-0.4, -0.2) is 27.7 Å². The van der Waals surface area contributed by atoms with Crippen LogP contribution in [0.4, 0.5) is 14.5 Å². The standard InChI is InChI=1S/C32H25ClF2N2O4/c1-18(2)41-26-9-6-20(7-10-26)31(38)36-29-27-11-8-21(22-13-24(34)16-25(35)14-22)15-28(27)37(30(29)32(39)40)17-19-4-3-5-23(33)12-19/h3-16,18H,17H2,1-2H3,(H,36,38)(H,39,40). The molecule has 208 valence electrons. The quantitative estimate of drug-likeness (QED) is 0.197. The number of anilines is 1. The smallest absolute Gasteiger partial charge is 0.354 e. The van der Waals surface area contributed by atoms with Gasteiger partial charge in [-0.2, -0.15) is 0 Å². The number of hydrogen-bond acceptors (Lipinski definition) is 3. The van der Waals surface area contributed by atoms with Crippen LogP contribution in [0.3, 0.4) is 0 Å². The Kier molecular flexibility index (Phi) is 7.77. The van der Waals surface area contributed by atoms with Crippen LogP contribution in [0.2, 0.25) is 5.02 Å². The van der Waals surface area contributed by atoms with Gasteiger partial charge in [0.15, 0.2) is 5.69 Å². The Bertz CT molecular complexity index is 1760. The summed E-state index contributed by atoms with van der Waals surface area (Å²) in [5.41, 5.74) is 2.16. The lowest BCUT2D eigenvalue weighted by Gasteiger charge is -2.11. The van der Waals surface area contributed by atoms with Gasteiger partial charge in [-0.25, -0.2) is 13.6 Å². The molecule has 5 aromatic rings. The molecule has 41 heavy (non-hydrogen) atoms. The number of aromatic nitrogens is 1. The Morgan fingerprint density at radius 3 is 2.27 bits per heavy atom. The summed E-state index contributed by atoms with van der Waals surface area (Å²) in [6.45, 7) is 3.89. The molecule has 0 atom stereocenters. The van der Waals surface area contributed by atoms with E-state index in [4.69, 9.17) is 16.3 Å². The number of carbonyl (C=O) groups excluding carboxylic acids is 1. The predicted octanol–water partition coefficient (Wildman–Crippen LogP) is 8.03. The average molecular weight is 575 g/mol. The molecule has 1 heterocycles. The van der Waals surface area contributed by atoms with Gasteiger partial charge in [-0.3, -0.25) is 4.79 Å². The summed E-state index contributed by atoms with van der Waals surface area (Å²) in [5.74, 6) is -2.65. The molecular formula is C32H25ClF2N2O4. The first kappa shape index (κ1) is 27.9. The van der Waals surface area contributed by atoms with Gasteiger partial charge in [-0.05, 0) is 85.1 Å². The fourth-order valence-corrected chi connectivity index (χ4v) is 4.94. The molecule has 6 nitrogen and oxygen atoms in total. The van der Waals surface area contributed by atoms with Crippen LogP contribution in [0.15, 0.2) is 84.9 Å². The van der Waals surface area contributed by atoms with Crippen molar-refractivity contribution in [3.8, 4) is 16.9 Å². The molecule has 0 aliphatic heterocycles. The van der Waals surface area contributed by atoms with E-state index < -0.39 is 23.5 Å². The molecule has 0 unspecified atom stereocenters. The van der Waals surface area contributed by atoms with E-state index in [0.717, 1.165) is 11.6 Å². The summed E-state index contributed by atoms with van der Waals surface area (Å²) >= 11 is 6.18. The molecule has 0 aliphatic rings. The second-order valence-electron chi connectivity index (χ2n) is 9.78. The summed E-state index contributed by atoms with van der Waals surface area (Å²) in [7, 11) is 0. The van der Waals surface area contributed by atoms with Gasteiger partial charge in [-0.1, -0.05) is 35.9 Å². The lowest BCUT2D eigenvalue weighted by Crippen LogP contribution is -2.16. The SMILES string of the molecule is CC(C)Oc1ccc(C(=O)Nc2c(C(=O)O)n(Cc3cccc(Cl)c3)c3cc(-c4cc(F)cc(F)c4)ccc23)cc1. The molecule has 0 fully saturated rings. The third kappa shape index (κ3) is 6.07. The first-order valence-electron chi connectivity index (χ1n) is 12.8. The molecule has 1 aromatic heterocycles. The van der Waals surface area contributed by atoms with Crippen LogP contribution in [0.1, 0.15) is 40.3 Å². The molecule has 0 aliphatic carbocycles. The highest BCUT2D eigenvalue weighted by molar-refractivity contribution is 6.30. The minimum absolute atomic E-state index is 0.0350. The van der Waals surface area contributed by atoms with E-state index in [-0.39, 0.29) is 29.6 Å². The number of hydrogen-bond donors (Lipinski definition) is 2. The fraction of sp³-hybridized carbons (Fsp3) is 0.125. The average Bonchev–Trinajstić information content (AvgIpc) is 3.20. The van der Waals surface area contributed by atoms with E-state index in [1.165, 1.54) is 16.7 Å². The largest absolute Gasteiger partial charge is 0.491 e. The number of nitrogens with one attached hydrogen (secondary N) is 1. The van der Waals surface area contributed by atoms with Crippen LogP contribution in [0.25, 0.3) is 22.0 Å². The zero-order valence-electron chi connectivity index (χ0n) is 22.1. The number of carboxylic acid groups (broad SMARTS) is 1. The Labute approximate surface area is 239 Å². The number of halogens is 3. The summed E-state index contributed by atoms with van der Waals surface area (Å²) in [4.78, 5) is 26.0. The van der Waals surface area contributed by atoms with Gasteiger partial charge >= 0.3 is 5.97 Å². The van der Waals surface area contributed by atoms with E-state index in [1.54, 1.807) is 66.7 Å². The number of ether oxygens (including phenoxy) is 1. The maximum atomic E-state index is 14.0. The van der Waals surface area contributed by atoms with Crippen molar-refractivity contribution in [2.24, 2.45) is 0 Å². The Balaban J connectivity index is 1.64. The van der Waals surface area contributed by atoms with E-state index in [9.17, 15) is 23.5 Å². The summed E-state index contributed by atoms with van der Waals surface area (Å²) in [6, 6.07) is 21.6. The minimum atomic E-state index is -1.27. The van der Waals surface area contributed by atoms with Gasteiger partial charge in [0.05, 0.1) is 17.3 Å². The number of carboxylic acids is 1. The van der Waals surface area contributed by atoms with Gasteiger partial charge in [0.25, 0.3) is 5.91 Å². The van der Waals surface area contributed by atoms with Crippen LogP contribution in [0, 0.1) is 11.6 Å². The van der Waals surface area contributed by atoms with Gasteiger partial charge in [0.2, 0.25) is 0 Å². The van der Waals surface area contributed by atoms with Gasteiger partial charge in [0, 0.05) is 28.6 Å². The van der Waals surface area contributed by atoms with E-state index >= 15 is 0 Å². The fourth-order valence-electron chi connectivity index (χ4n) is 4.72. The highest BCUT2D eigenvalue weighted by Crippen LogP contribution is 2.36. The summed E-state index contributed by atoms with van der Waals surface area (Å²) < 4.78 is 35.2. The number of nitrogens with zero attached hydrogens (tertiary/aromatic N) is 1. The zero-order valence-corrected chi connectivity index (χ0v) is 22.9. The molecule has 0 spiro atoms. The molecule has 0 saturated carbocycles. The highest BCUT2D eigenvalue weighted by Gasteiger charge is 2.25. The van der Waals surface area contributed by atoms with Crippen molar-refractivity contribution in [1.82, 2.24) is 4.57 Å². The molecule has 5 rings (SSSR count). The molecule has 2 N–H and O–H groups in total. The number of amides is 1. The van der Waals surface area contributed by atoms with Crippen molar-refractivity contribution in [2.75, 3.05) is 5.32 Å². The van der Waals surface area contributed by atoms with Gasteiger partial charge in [-0.15, -0.1) is 0 Å². The second-order valence-corrected chi connectivity index (χ2v) is 10.2. The summed E-state index contributed by atoms with van der Waals surface area (Å²) in [5, 5.41) is 14.0. The lowest BCUT2D eigenvalue weighted by atomic mass is 10.0. The Hall–Kier alpha value is -4.69. The minimum Gasteiger partial charge on any atom is -0.491 e. The highest BCUT2D eigenvalue weighted by atomic mass is 35.5. The molecule has 0 bridgehead atoms. The van der Waals surface area contributed by atoms with Crippen molar-refractivity contribution >= 4 is 40.1 Å². The summed E-state index contributed by atoms with van der Waals surface area (Å²) in [6.07, 6.45) is -0.0350. The molecule has 4 aromatic carbocycles. The first-order chi connectivity index (χ1) is 19.6.